The third-order valence-corrected chi connectivity index (χ3v) is 5.57. The lowest BCUT2D eigenvalue weighted by Crippen LogP contribution is -2.47. The van der Waals surface area contributed by atoms with Gasteiger partial charge in [-0.25, -0.2) is 4.98 Å². The molecule has 1 fully saturated rings. The second kappa shape index (κ2) is 7.11. The molecular formula is C17H18F3N3OS. The van der Waals surface area contributed by atoms with Gasteiger partial charge in [0.15, 0.2) is 0 Å². The Morgan fingerprint density at radius 1 is 1.28 bits per heavy atom. The van der Waals surface area contributed by atoms with Gasteiger partial charge in [-0.2, -0.15) is 13.2 Å². The van der Waals surface area contributed by atoms with E-state index < -0.39 is 24.0 Å². The lowest BCUT2D eigenvalue weighted by Gasteiger charge is -2.33. The van der Waals surface area contributed by atoms with E-state index in [4.69, 9.17) is 0 Å². The van der Waals surface area contributed by atoms with Gasteiger partial charge in [-0.3, -0.25) is 9.78 Å². The van der Waals surface area contributed by atoms with E-state index >= 15 is 0 Å². The zero-order chi connectivity index (χ0) is 18.0. The minimum absolute atomic E-state index is 0.0648. The molecule has 2 atom stereocenters. The van der Waals surface area contributed by atoms with Crippen LogP contribution >= 0.6 is 11.3 Å². The van der Waals surface area contributed by atoms with Gasteiger partial charge in [0, 0.05) is 12.2 Å². The first-order valence-corrected chi connectivity index (χ1v) is 8.94. The standard InChI is InChI=1S/C17H18F3N3OS/c1-10-14(25-16(22-10)13-8-4-5-9-21-13)15(24)23-12-7-3-2-6-11(12)17(18,19)20/h4-5,8-9,11-12H,2-3,6-7H2,1H3,(H,23,24). The first-order chi connectivity index (χ1) is 11.9. The Balaban J connectivity index is 1.78. The summed E-state index contributed by atoms with van der Waals surface area (Å²) in [5.74, 6) is -1.97. The number of hydrogen-bond acceptors (Lipinski definition) is 4. The zero-order valence-corrected chi connectivity index (χ0v) is 14.5. The van der Waals surface area contributed by atoms with E-state index in [1.807, 2.05) is 6.07 Å². The number of carbonyl (C=O) groups excluding carboxylic acids is 1. The Bertz CT molecular complexity index is 745. The first kappa shape index (κ1) is 17.8. The normalized spacial score (nSPS) is 21.1. The monoisotopic (exact) mass is 369 g/mol. The van der Waals surface area contributed by atoms with Gasteiger partial charge < -0.3 is 5.32 Å². The van der Waals surface area contributed by atoms with Crippen molar-refractivity contribution in [2.75, 3.05) is 0 Å². The number of halogens is 3. The summed E-state index contributed by atoms with van der Waals surface area (Å²) < 4.78 is 39.5. The number of amides is 1. The number of thiazole rings is 1. The summed E-state index contributed by atoms with van der Waals surface area (Å²) in [7, 11) is 0. The highest BCUT2D eigenvalue weighted by molar-refractivity contribution is 7.17. The van der Waals surface area contributed by atoms with Crippen molar-refractivity contribution in [2.24, 2.45) is 5.92 Å². The van der Waals surface area contributed by atoms with Crippen molar-refractivity contribution < 1.29 is 18.0 Å². The Morgan fingerprint density at radius 2 is 2.04 bits per heavy atom. The summed E-state index contributed by atoms with van der Waals surface area (Å²) in [6.07, 6.45) is -1.02. The molecule has 0 aromatic carbocycles. The van der Waals surface area contributed by atoms with Crippen LogP contribution in [-0.4, -0.2) is 28.1 Å². The Kier molecular flexibility index (Phi) is 5.08. The molecule has 4 nitrogen and oxygen atoms in total. The van der Waals surface area contributed by atoms with Crippen LogP contribution in [0.1, 0.15) is 41.0 Å². The fraction of sp³-hybridized carbons (Fsp3) is 0.471. The average Bonchev–Trinajstić information content (AvgIpc) is 2.97. The third kappa shape index (κ3) is 4.00. The van der Waals surface area contributed by atoms with E-state index in [-0.39, 0.29) is 6.42 Å². The SMILES string of the molecule is Cc1nc(-c2ccccn2)sc1C(=O)NC1CCCCC1C(F)(F)F. The molecule has 2 heterocycles. The van der Waals surface area contributed by atoms with Gasteiger partial charge in [-0.05, 0) is 31.9 Å². The number of aromatic nitrogens is 2. The number of alkyl halides is 3. The molecule has 1 saturated carbocycles. The summed E-state index contributed by atoms with van der Waals surface area (Å²) in [6.45, 7) is 1.68. The maximum Gasteiger partial charge on any atom is 0.393 e. The maximum atomic E-state index is 13.2. The zero-order valence-electron chi connectivity index (χ0n) is 13.6. The molecule has 3 rings (SSSR count). The van der Waals surface area contributed by atoms with Crippen LogP contribution in [0.25, 0.3) is 10.7 Å². The summed E-state index contributed by atoms with van der Waals surface area (Å²) in [6, 6.07) is 4.49. The highest BCUT2D eigenvalue weighted by Crippen LogP contribution is 2.38. The fourth-order valence-electron chi connectivity index (χ4n) is 3.14. The number of aryl methyl sites for hydroxylation is 1. The van der Waals surface area contributed by atoms with Crippen LogP contribution in [0.2, 0.25) is 0 Å². The van der Waals surface area contributed by atoms with E-state index in [9.17, 15) is 18.0 Å². The Labute approximate surface area is 147 Å². The number of hydrogen-bond donors (Lipinski definition) is 1. The van der Waals surface area contributed by atoms with Gasteiger partial charge in [0.1, 0.15) is 9.88 Å². The minimum atomic E-state index is -4.29. The van der Waals surface area contributed by atoms with Crippen molar-refractivity contribution in [3.05, 3.63) is 35.0 Å². The van der Waals surface area contributed by atoms with Crippen molar-refractivity contribution in [1.82, 2.24) is 15.3 Å². The molecule has 25 heavy (non-hydrogen) atoms. The molecule has 0 radical (unpaired) electrons. The van der Waals surface area contributed by atoms with Gasteiger partial charge in [-0.15, -0.1) is 11.3 Å². The molecule has 134 valence electrons. The highest BCUT2D eigenvalue weighted by Gasteiger charge is 2.46. The van der Waals surface area contributed by atoms with Crippen LogP contribution in [0.3, 0.4) is 0 Å². The molecule has 0 aliphatic heterocycles. The molecule has 0 saturated heterocycles. The van der Waals surface area contributed by atoms with Crippen molar-refractivity contribution >= 4 is 17.2 Å². The van der Waals surface area contributed by atoms with E-state index in [1.165, 1.54) is 0 Å². The smallest absolute Gasteiger partial charge is 0.348 e. The van der Waals surface area contributed by atoms with Crippen LogP contribution in [0.15, 0.2) is 24.4 Å². The van der Waals surface area contributed by atoms with Crippen LogP contribution in [0.5, 0.6) is 0 Å². The van der Waals surface area contributed by atoms with Gasteiger partial charge in [0.05, 0.1) is 17.3 Å². The van der Waals surface area contributed by atoms with Crippen molar-refractivity contribution in [2.45, 2.75) is 44.8 Å². The Morgan fingerprint density at radius 3 is 2.72 bits per heavy atom. The summed E-state index contributed by atoms with van der Waals surface area (Å²) >= 11 is 1.15. The number of nitrogens with zero attached hydrogens (tertiary/aromatic N) is 2. The molecule has 1 aliphatic carbocycles. The molecule has 1 aliphatic rings. The van der Waals surface area contributed by atoms with Gasteiger partial charge >= 0.3 is 6.18 Å². The fourth-order valence-corrected chi connectivity index (χ4v) is 4.08. The lowest BCUT2D eigenvalue weighted by molar-refractivity contribution is -0.187. The van der Waals surface area contributed by atoms with Gasteiger partial charge in [-0.1, -0.05) is 18.9 Å². The highest BCUT2D eigenvalue weighted by atomic mass is 32.1. The lowest BCUT2D eigenvalue weighted by atomic mass is 9.84. The second-order valence-electron chi connectivity index (χ2n) is 6.16. The molecule has 2 aromatic rings. The molecule has 2 unspecified atom stereocenters. The molecule has 1 N–H and O–H groups in total. The summed E-state index contributed by atoms with van der Waals surface area (Å²) in [4.78, 5) is 21.4. The third-order valence-electron chi connectivity index (χ3n) is 4.39. The van der Waals surface area contributed by atoms with E-state index in [1.54, 1.807) is 25.3 Å². The largest absolute Gasteiger partial charge is 0.393 e. The predicted octanol–water partition coefficient (Wildman–Crippen LogP) is 4.36. The van der Waals surface area contributed by atoms with E-state index in [0.29, 0.717) is 40.5 Å². The second-order valence-corrected chi connectivity index (χ2v) is 7.16. The maximum absolute atomic E-state index is 13.2. The van der Waals surface area contributed by atoms with Crippen molar-refractivity contribution in [1.29, 1.82) is 0 Å². The van der Waals surface area contributed by atoms with Gasteiger partial charge in [0.2, 0.25) is 0 Å². The average molecular weight is 369 g/mol. The van der Waals surface area contributed by atoms with Crippen LogP contribution in [-0.2, 0) is 0 Å². The molecule has 1 amide bonds. The van der Waals surface area contributed by atoms with Crippen LogP contribution < -0.4 is 5.32 Å². The molecule has 2 aromatic heterocycles. The summed E-state index contributed by atoms with van der Waals surface area (Å²) in [5.41, 5.74) is 1.14. The number of pyridine rings is 1. The first-order valence-electron chi connectivity index (χ1n) is 8.12. The van der Waals surface area contributed by atoms with Crippen LogP contribution in [0, 0.1) is 12.8 Å². The topological polar surface area (TPSA) is 54.9 Å². The van der Waals surface area contributed by atoms with Crippen LogP contribution in [0.4, 0.5) is 13.2 Å². The molecule has 0 bridgehead atoms. The minimum Gasteiger partial charge on any atom is -0.348 e. The van der Waals surface area contributed by atoms with Crippen molar-refractivity contribution in [3.8, 4) is 10.7 Å². The van der Waals surface area contributed by atoms with Gasteiger partial charge in [0.25, 0.3) is 5.91 Å². The number of carbonyl (C=O) groups is 1. The van der Waals surface area contributed by atoms with E-state index in [2.05, 4.69) is 15.3 Å². The Hall–Kier alpha value is -1.96. The molecule has 0 spiro atoms. The number of rotatable bonds is 3. The predicted molar refractivity (Wildman–Crippen MR) is 89.3 cm³/mol. The quantitative estimate of drug-likeness (QED) is 0.874. The molecule has 8 heteroatoms. The molecular weight excluding hydrogens is 351 g/mol. The number of nitrogens with one attached hydrogen (secondary N) is 1. The van der Waals surface area contributed by atoms with Crippen molar-refractivity contribution in [3.63, 3.8) is 0 Å². The van der Waals surface area contributed by atoms with E-state index in [0.717, 1.165) is 11.3 Å². The summed E-state index contributed by atoms with van der Waals surface area (Å²) in [5, 5.41) is 3.17.